The second-order valence-corrected chi connectivity index (χ2v) is 4.69. The van der Waals surface area contributed by atoms with E-state index in [4.69, 9.17) is 0 Å². The molecule has 2 amide bonds. The van der Waals surface area contributed by atoms with Gasteiger partial charge in [-0.05, 0) is 13.3 Å². The van der Waals surface area contributed by atoms with Crippen LogP contribution in [0.15, 0.2) is 6.33 Å². The number of amides is 2. The fraction of sp³-hybridized carbons (Fsp3) is 0.636. The fourth-order valence-electron chi connectivity index (χ4n) is 2.00. The lowest BCUT2D eigenvalue weighted by Crippen LogP contribution is -2.64. The normalized spacial score (nSPS) is 24.3. The zero-order valence-electron chi connectivity index (χ0n) is 10.8. The van der Waals surface area contributed by atoms with Crippen molar-refractivity contribution in [1.29, 1.82) is 0 Å². The topological polar surface area (TPSA) is 80.1 Å². The molecule has 1 aliphatic rings. The zero-order chi connectivity index (χ0) is 13.3. The number of piperazine rings is 1. The molecule has 7 heteroatoms. The van der Waals surface area contributed by atoms with Crippen LogP contribution >= 0.6 is 0 Å². The molecule has 1 atom stereocenters. The summed E-state index contributed by atoms with van der Waals surface area (Å²) in [6, 6.07) is 0. The molecule has 1 N–H and O–H groups in total. The number of rotatable bonds is 3. The van der Waals surface area contributed by atoms with Gasteiger partial charge in [0.15, 0.2) is 0 Å². The van der Waals surface area contributed by atoms with E-state index in [1.807, 2.05) is 6.92 Å². The van der Waals surface area contributed by atoms with E-state index in [9.17, 15) is 9.59 Å². The van der Waals surface area contributed by atoms with Crippen LogP contribution in [0.1, 0.15) is 26.1 Å². The summed E-state index contributed by atoms with van der Waals surface area (Å²) in [5.41, 5.74) is -0.812. The van der Waals surface area contributed by atoms with Crippen LogP contribution in [0, 0.1) is 0 Å². The molecule has 0 aromatic carbocycles. The van der Waals surface area contributed by atoms with E-state index in [-0.39, 0.29) is 18.4 Å². The number of aromatic nitrogens is 3. The van der Waals surface area contributed by atoms with Gasteiger partial charge in [0.05, 0.1) is 6.54 Å². The average Bonchev–Trinajstić information content (AvgIpc) is 2.71. The largest absolute Gasteiger partial charge is 0.340 e. The summed E-state index contributed by atoms with van der Waals surface area (Å²) in [5.74, 6) is 0.449. The summed E-state index contributed by atoms with van der Waals surface area (Å²) < 4.78 is 1.60. The maximum atomic E-state index is 12.3. The Hall–Kier alpha value is -1.92. The summed E-state index contributed by atoms with van der Waals surface area (Å²) >= 11 is 0. The minimum atomic E-state index is -0.812. The van der Waals surface area contributed by atoms with Gasteiger partial charge in [-0.3, -0.25) is 14.3 Å². The van der Waals surface area contributed by atoms with Crippen molar-refractivity contribution >= 4 is 11.8 Å². The van der Waals surface area contributed by atoms with Gasteiger partial charge in [0.2, 0.25) is 11.8 Å². The summed E-state index contributed by atoms with van der Waals surface area (Å²) in [6.07, 6.45) is 2.00. The van der Waals surface area contributed by atoms with Gasteiger partial charge in [-0.25, -0.2) is 4.98 Å². The molecule has 0 bridgehead atoms. The quantitative estimate of drug-likeness (QED) is 0.781. The van der Waals surface area contributed by atoms with Gasteiger partial charge >= 0.3 is 0 Å². The van der Waals surface area contributed by atoms with Crippen molar-refractivity contribution in [3.8, 4) is 0 Å². The maximum Gasteiger partial charge on any atom is 0.248 e. The van der Waals surface area contributed by atoms with Gasteiger partial charge < -0.3 is 10.2 Å². The summed E-state index contributed by atoms with van der Waals surface area (Å²) in [4.78, 5) is 29.6. The van der Waals surface area contributed by atoms with Gasteiger partial charge in [0, 0.05) is 7.05 Å². The van der Waals surface area contributed by atoms with E-state index in [2.05, 4.69) is 15.4 Å². The number of nitrogens with zero attached hydrogens (tertiary/aromatic N) is 4. The Bertz CT molecular complexity index is 484. The third kappa shape index (κ3) is 2.07. The lowest BCUT2D eigenvalue weighted by molar-refractivity contribution is -0.150. The van der Waals surface area contributed by atoms with Crippen LogP contribution in [-0.2, 0) is 23.2 Å². The first-order chi connectivity index (χ1) is 8.46. The molecule has 2 heterocycles. The van der Waals surface area contributed by atoms with Crippen LogP contribution in [0.25, 0.3) is 0 Å². The number of aryl methyl sites for hydroxylation is 1. The van der Waals surface area contributed by atoms with Crippen molar-refractivity contribution in [3.05, 3.63) is 12.2 Å². The predicted molar refractivity (Wildman–Crippen MR) is 63.3 cm³/mol. The second-order valence-electron chi connectivity index (χ2n) is 4.69. The zero-order valence-corrected chi connectivity index (χ0v) is 10.8. The molecule has 18 heavy (non-hydrogen) atoms. The van der Waals surface area contributed by atoms with Gasteiger partial charge in [0.25, 0.3) is 0 Å². The molecule has 1 fully saturated rings. The molecule has 1 unspecified atom stereocenters. The van der Waals surface area contributed by atoms with E-state index in [0.717, 1.165) is 0 Å². The van der Waals surface area contributed by atoms with Crippen molar-refractivity contribution in [1.82, 2.24) is 25.0 Å². The highest BCUT2D eigenvalue weighted by Gasteiger charge is 2.41. The molecule has 0 spiro atoms. The van der Waals surface area contributed by atoms with Crippen LogP contribution in [0.4, 0.5) is 0 Å². The predicted octanol–water partition coefficient (Wildman–Crippen LogP) is -0.558. The van der Waals surface area contributed by atoms with Crippen LogP contribution < -0.4 is 5.32 Å². The molecule has 0 saturated carbocycles. The van der Waals surface area contributed by atoms with E-state index >= 15 is 0 Å². The van der Waals surface area contributed by atoms with E-state index in [1.54, 1.807) is 18.7 Å². The van der Waals surface area contributed by atoms with Gasteiger partial charge in [-0.2, -0.15) is 5.10 Å². The Morgan fingerprint density at radius 2 is 2.22 bits per heavy atom. The van der Waals surface area contributed by atoms with Crippen molar-refractivity contribution in [3.63, 3.8) is 0 Å². The number of hydrogen-bond donors (Lipinski definition) is 1. The van der Waals surface area contributed by atoms with Crippen LogP contribution in [0.3, 0.4) is 0 Å². The summed E-state index contributed by atoms with van der Waals surface area (Å²) in [5, 5.41) is 6.69. The van der Waals surface area contributed by atoms with Crippen molar-refractivity contribution in [2.45, 2.75) is 32.4 Å². The number of carbonyl (C=O) groups is 2. The van der Waals surface area contributed by atoms with Gasteiger partial charge in [-0.1, -0.05) is 6.92 Å². The highest BCUT2D eigenvalue weighted by molar-refractivity contribution is 5.97. The molecular weight excluding hydrogens is 234 g/mol. The minimum absolute atomic E-state index is 0.0707. The van der Waals surface area contributed by atoms with Gasteiger partial charge in [0.1, 0.15) is 24.2 Å². The molecule has 2 rings (SSSR count). The van der Waals surface area contributed by atoms with Crippen molar-refractivity contribution < 1.29 is 9.59 Å². The Balaban J connectivity index is 2.20. The highest BCUT2D eigenvalue weighted by Crippen LogP contribution is 2.18. The third-order valence-electron chi connectivity index (χ3n) is 3.35. The smallest absolute Gasteiger partial charge is 0.248 e. The first kappa shape index (κ1) is 12.5. The fourth-order valence-corrected chi connectivity index (χ4v) is 2.00. The lowest BCUT2D eigenvalue weighted by Gasteiger charge is -2.38. The van der Waals surface area contributed by atoms with Crippen LogP contribution in [-0.4, -0.2) is 43.6 Å². The Kier molecular flexibility index (Phi) is 3.06. The molecule has 1 aliphatic heterocycles. The third-order valence-corrected chi connectivity index (χ3v) is 3.35. The highest BCUT2D eigenvalue weighted by atomic mass is 16.2. The first-order valence-electron chi connectivity index (χ1n) is 5.89. The lowest BCUT2D eigenvalue weighted by atomic mass is 9.94. The van der Waals surface area contributed by atoms with Crippen molar-refractivity contribution in [2.24, 2.45) is 7.05 Å². The SMILES string of the molecule is CCC1(C)NC(=O)CN(Cc2ncnn2C)C1=O. The first-order valence-corrected chi connectivity index (χ1v) is 5.89. The standard InChI is InChI=1S/C11H17N5O2/c1-4-11(2)10(18)16(6-9(17)14-11)5-8-12-7-13-15(8)3/h7H,4-6H2,1-3H3,(H,14,17). The van der Waals surface area contributed by atoms with Crippen molar-refractivity contribution in [2.75, 3.05) is 6.54 Å². The Morgan fingerprint density at radius 1 is 1.50 bits per heavy atom. The summed E-state index contributed by atoms with van der Waals surface area (Å²) in [6.45, 7) is 4.00. The molecule has 7 nitrogen and oxygen atoms in total. The van der Waals surface area contributed by atoms with E-state index < -0.39 is 5.54 Å². The molecule has 98 valence electrons. The molecular formula is C11H17N5O2. The molecule has 0 aliphatic carbocycles. The number of carbonyl (C=O) groups excluding carboxylic acids is 2. The molecule has 0 radical (unpaired) electrons. The molecule has 1 aromatic heterocycles. The van der Waals surface area contributed by atoms with Crippen LogP contribution in [0.2, 0.25) is 0 Å². The maximum absolute atomic E-state index is 12.3. The number of nitrogens with one attached hydrogen (secondary N) is 1. The van der Waals surface area contributed by atoms with Gasteiger partial charge in [-0.15, -0.1) is 0 Å². The monoisotopic (exact) mass is 251 g/mol. The number of hydrogen-bond acceptors (Lipinski definition) is 4. The van der Waals surface area contributed by atoms with Crippen LogP contribution in [0.5, 0.6) is 0 Å². The Labute approximate surface area is 105 Å². The molecule has 1 aromatic rings. The summed E-state index contributed by atoms with van der Waals surface area (Å²) in [7, 11) is 1.76. The van der Waals surface area contributed by atoms with E-state index in [0.29, 0.717) is 18.8 Å². The average molecular weight is 251 g/mol. The Morgan fingerprint density at radius 3 is 2.78 bits per heavy atom. The van der Waals surface area contributed by atoms with E-state index in [1.165, 1.54) is 11.2 Å². The molecule has 1 saturated heterocycles. The minimum Gasteiger partial charge on any atom is -0.340 e. The second kappa shape index (κ2) is 4.40.